The molecule has 2 aliphatic heterocycles. The number of ether oxygens (including phenoxy) is 1. The van der Waals surface area contributed by atoms with E-state index in [0.717, 1.165) is 28.2 Å². The summed E-state index contributed by atoms with van der Waals surface area (Å²) < 4.78 is 12.5. The summed E-state index contributed by atoms with van der Waals surface area (Å²) in [7, 11) is 0. The molecule has 0 aliphatic carbocycles. The van der Waals surface area contributed by atoms with Crippen LogP contribution in [0.25, 0.3) is 5.70 Å². The molecule has 1 aromatic heterocycles. The molecule has 3 aromatic rings. The average molecular weight is 450 g/mol. The Morgan fingerprint density at radius 1 is 1.06 bits per heavy atom. The van der Waals surface area contributed by atoms with E-state index in [1.807, 2.05) is 72.6 Å². The number of carbonyl (C=O) groups is 1. The molecule has 2 aromatic carbocycles. The molecule has 2 aliphatic rings. The number of fused-ring (bicyclic) bond motifs is 1. The van der Waals surface area contributed by atoms with Gasteiger partial charge in [0.15, 0.2) is 0 Å². The number of carbonyl (C=O) groups excluding carboxylic acids is 1. The Kier molecular flexibility index (Phi) is 5.47. The fraction of sp³-hybridized carbons (Fsp3) is 0.200. The summed E-state index contributed by atoms with van der Waals surface area (Å²) in [6.07, 6.45) is 2.08. The van der Waals surface area contributed by atoms with Gasteiger partial charge >= 0.3 is 190 Å². The Morgan fingerprint density at radius 2 is 1.77 bits per heavy atom. The molecule has 2 atom stereocenters. The van der Waals surface area contributed by atoms with E-state index in [9.17, 15) is 4.79 Å². The third-order valence-corrected chi connectivity index (χ3v) is 6.23. The Bertz CT molecular complexity index is 1130. The molecule has 5 nitrogen and oxygen atoms in total. The Hall–Kier alpha value is -2.75. The van der Waals surface area contributed by atoms with Gasteiger partial charge in [-0.05, 0) is 0 Å². The minimum atomic E-state index is -0.287. The maximum absolute atomic E-state index is 13.4. The molecule has 31 heavy (non-hydrogen) atoms. The van der Waals surface area contributed by atoms with Gasteiger partial charge in [0.2, 0.25) is 0 Å². The maximum atomic E-state index is 13.4. The molecule has 0 N–H and O–H groups in total. The first-order valence-corrected chi connectivity index (χ1v) is 11.0. The Balaban J connectivity index is 1.74. The van der Waals surface area contributed by atoms with Crippen LogP contribution in [0.4, 0.5) is 0 Å². The second kappa shape index (κ2) is 8.41. The molecule has 5 rings (SSSR count). The molecule has 156 valence electrons. The topological polar surface area (TPSA) is 45.9 Å². The Morgan fingerprint density at radius 3 is 2.42 bits per heavy atom. The van der Waals surface area contributed by atoms with E-state index >= 15 is 0 Å². The van der Waals surface area contributed by atoms with Crippen LogP contribution in [0.2, 0.25) is 0 Å². The van der Waals surface area contributed by atoms with Gasteiger partial charge in [0, 0.05) is 0 Å². The molecule has 0 spiro atoms. The van der Waals surface area contributed by atoms with Crippen molar-refractivity contribution in [3.05, 3.63) is 102 Å². The predicted octanol–water partition coefficient (Wildman–Crippen LogP) is 4.65. The van der Waals surface area contributed by atoms with Crippen LogP contribution in [-0.4, -0.2) is 27.1 Å². The zero-order valence-corrected chi connectivity index (χ0v) is 18.4. The summed E-state index contributed by atoms with van der Waals surface area (Å²) in [5.74, 6) is 0.831. The first-order valence-electron chi connectivity index (χ1n) is 10.4. The van der Waals surface area contributed by atoms with Crippen LogP contribution in [0.3, 0.4) is 0 Å². The number of rotatable bonds is 6. The van der Waals surface area contributed by atoms with Crippen molar-refractivity contribution < 1.29 is 29.8 Å². The van der Waals surface area contributed by atoms with Crippen molar-refractivity contribution in [3.8, 4) is 0 Å². The molecule has 1 amide bonds. The summed E-state index contributed by atoms with van der Waals surface area (Å²) in [5, 5.41) is 3.97. The molecule has 0 bridgehead atoms. The van der Waals surface area contributed by atoms with Crippen LogP contribution >= 0.6 is 0 Å². The first kappa shape index (κ1) is 20.2. The van der Waals surface area contributed by atoms with E-state index in [2.05, 4.69) is 33.0 Å². The number of nitrogens with zero attached hydrogens (tertiary/aromatic N) is 2. The zero-order chi connectivity index (χ0) is 21.4. The number of hydrogen-bond acceptors (Lipinski definition) is 4. The van der Waals surface area contributed by atoms with Crippen LogP contribution in [0.15, 0.2) is 89.0 Å². The summed E-state index contributed by atoms with van der Waals surface area (Å²) >= 11 is 3.10. The van der Waals surface area contributed by atoms with Crippen LogP contribution < -0.4 is 0 Å². The van der Waals surface area contributed by atoms with Crippen molar-refractivity contribution in [2.24, 2.45) is 0 Å². The van der Waals surface area contributed by atoms with E-state index in [0.29, 0.717) is 17.6 Å². The third kappa shape index (κ3) is 3.42. The van der Waals surface area contributed by atoms with Gasteiger partial charge in [-0.25, -0.2) is 0 Å². The number of benzene rings is 2. The predicted molar refractivity (Wildman–Crippen MR) is 114 cm³/mol. The van der Waals surface area contributed by atoms with Crippen LogP contribution in [0.5, 0.6) is 0 Å². The summed E-state index contributed by atoms with van der Waals surface area (Å²) in [5.41, 5.74) is 3.82. The van der Waals surface area contributed by atoms with Crippen molar-refractivity contribution >= 4 is 16.2 Å². The standard InChI is InChI=1S/C25H22N2O3.Cr/c1-2-29-17-20-24(19-12-7-4-8-13-19)27-23(28)16-21(18-10-5-3-6-11-18)26(27)25(20)22-14-9-15-30-22;/h3-15,21,25H,2,16H2,1H3;/t21-,25+;/m0./s1. The Labute approximate surface area is 189 Å². The van der Waals surface area contributed by atoms with Crippen molar-refractivity contribution in [3.63, 3.8) is 0 Å². The average Bonchev–Trinajstić information content (AvgIpc) is 3.51. The molecule has 0 saturated carbocycles. The van der Waals surface area contributed by atoms with E-state index in [4.69, 9.17) is 9.15 Å². The quantitative estimate of drug-likeness (QED) is 0.549. The zero-order valence-electron chi connectivity index (χ0n) is 17.1. The van der Waals surface area contributed by atoms with Gasteiger partial charge in [0.1, 0.15) is 0 Å². The SMILES string of the molecule is CCO[C](=[Cr])C1=C(c2ccccc2)N2C(=O)C[C@@H](c3ccccc3)N2[C@H]1c1ccco1. The van der Waals surface area contributed by atoms with E-state index in [-0.39, 0.29) is 18.0 Å². The van der Waals surface area contributed by atoms with E-state index in [1.54, 1.807) is 6.26 Å². The van der Waals surface area contributed by atoms with Crippen LogP contribution in [0.1, 0.15) is 42.3 Å². The van der Waals surface area contributed by atoms with Gasteiger partial charge in [-0.3, -0.25) is 0 Å². The van der Waals surface area contributed by atoms with Gasteiger partial charge in [-0.1, -0.05) is 0 Å². The molecular formula is C25H22CrN2O3. The molecule has 0 unspecified atom stereocenters. The van der Waals surface area contributed by atoms with E-state index < -0.39 is 0 Å². The molecule has 6 heteroatoms. The van der Waals surface area contributed by atoms with Crippen LogP contribution in [-0.2, 0) is 25.4 Å². The number of hydrazine groups is 1. The van der Waals surface area contributed by atoms with Gasteiger partial charge in [0.25, 0.3) is 0 Å². The summed E-state index contributed by atoms with van der Waals surface area (Å²) in [6, 6.07) is 23.6. The number of furan rings is 1. The van der Waals surface area contributed by atoms with Crippen molar-refractivity contribution in [1.29, 1.82) is 0 Å². The molecule has 0 radical (unpaired) electrons. The second-order valence-corrected chi connectivity index (χ2v) is 8.06. The normalized spacial score (nSPS) is 21.1. The van der Waals surface area contributed by atoms with Crippen molar-refractivity contribution in [1.82, 2.24) is 10.0 Å². The summed E-state index contributed by atoms with van der Waals surface area (Å²) in [4.78, 5) is 13.4. The summed E-state index contributed by atoms with van der Waals surface area (Å²) in [6.45, 7) is 2.48. The monoisotopic (exact) mass is 450 g/mol. The van der Waals surface area contributed by atoms with E-state index in [1.165, 1.54) is 0 Å². The fourth-order valence-electron chi connectivity index (χ4n) is 4.48. The third-order valence-electron chi connectivity index (χ3n) is 5.70. The molecule has 1 saturated heterocycles. The van der Waals surface area contributed by atoms with Crippen molar-refractivity contribution in [2.75, 3.05) is 6.61 Å². The molecule has 3 heterocycles. The van der Waals surface area contributed by atoms with Gasteiger partial charge in [-0.2, -0.15) is 0 Å². The number of hydrogen-bond donors (Lipinski definition) is 0. The van der Waals surface area contributed by atoms with Gasteiger partial charge < -0.3 is 0 Å². The number of amides is 1. The van der Waals surface area contributed by atoms with Gasteiger partial charge in [-0.15, -0.1) is 0 Å². The molecule has 1 fully saturated rings. The van der Waals surface area contributed by atoms with Crippen molar-refractivity contribution in [2.45, 2.75) is 25.4 Å². The first-order chi connectivity index (χ1) is 15.2. The minimum absolute atomic E-state index is 0.0589. The second-order valence-electron chi connectivity index (χ2n) is 7.48. The van der Waals surface area contributed by atoms with Gasteiger partial charge in [0.05, 0.1) is 0 Å². The fourth-order valence-corrected chi connectivity index (χ4v) is 4.99. The van der Waals surface area contributed by atoms with Crippen LogP contribution in [0, 0.1) is 0 Å². The molecular weight excluding hydrogens is 428 g/mol.